The molecule has 72 valence electrons. The largest absolute Gasteiger partial charge is 0.383 e. The molecule has 0 fully saturated rings. The molecule has 4 heteroatoms. The molecule has 0 spiro atoms. The highest BCUT2D eigenvalue weighted by Crippen LogP contribution is 2.08. The van der Waals surface area contributed by atoms with Crippen LogP contribution in [-0.4, -0.2) is 14.5 Å². The molecule has 0 radical (unpaired) electrons. The minimum Gasteiger partial charge on any atom is -0.383 e. The van der Waals surface area contributed by atoms with Gasteiger partial charge in [0.25, 0.3) is 0 Å². The van der Waals surface area contributed by atoms with Crippen LogP contribution < -0.4 is 5.73 Å². The van der Waals surface area contributed by atoms with Crippen molar-refractivity contribution in [2.45, 2.75) is 13.0 Å². The first-order valence-corrected chi connectivity index (χ1v) is 4.51. The highest BCUT2D eigenvalue weighted by Gasteiger charge is 1.98. The molecular formula is C10H12N4. The van der Waals surface area contributed by atoms with Gasteiger partial charge in [0.15, 0.2) is 0 Å². The number of nitrogens with zero attached hydrogens (tertiary/aromatic N) is 3. The van der Waals surface area contributed by atoms with Crippen LogP contribution >= 0.6 is 0 Å². The van der Waals surface area contributed by atoms with E-state index >= 15 is 0 Å². The third-order valence-electron chi connectivity index (χ3n) is 2.12. The quantitative estimate of drug-likeness (QED) is 0.784. The number of rotatable bonds is 3. The summed E-state index contributed by atoms with van der Waals surface area (Å²) in [6, 6.07) is 3.90. The Morgan fingerprint density at radius 1 is 1.36 bits per heavy atom. The van der Waals surface area contributed by atoms with Gasteiger partial charge in [0.05, 0.1) is 6.33 Å². The number of hydrogen-bond donors (Lipinski definition) is 1. The van der Waals surface area contributed by atoms with E-state index in [-0.39, 0.29) is 0 Å². The highest BCUT2D eigenvalue weighted by atomic mass is 15.0. The molecule has 0 aromatic carbocycles. The zero-order chi connectivity index (χ0) is 9.80. The number of pyridine rings is 1. The monoisotopic (exact) mass is 188 g/mol. The molecule has 0 saturated carbocycles. The van der Waals surface area contributed by atoms with Gasteiger partial charge in [-0.25, -0.2) is 9.97 Å². The number of aryl methyl sites for hydroxylation is 2. The zero-order valence-corrected chi connectivity index (χ0v) is 7.80. The van der Waals surface area contributed by atoms with Crippen LogP contribution in [0.2, 0.25) is 0 Å². The second kappa shape index (κ2) is 3.91. The minimum absolute atomic E-state index is 0.618. The summed E-state index contributed by atoms with van der Waals surface area (Å²) in [5, 5.41) is 0. The Morgan fingerprint density at radius 3 is 3.00 bits per heavy atom. The van der Waals surface area contributed by atoms with Crippen LogP contribution in [0.15, 0.2) is 37.1 Å². The Labute approximate surface area is 82.4 Å². The fourth-order valence-electron chi connectivity index (χ4n) is 1.33. The molecule has 0 aliphatic heterocycles. The van der Waals surface area contributed by atoms with Gasteiger partial charge in [-0.15, -0.1) is 0 Å². The standard InChI is InChI=1S/C10H12N4/c11-10-9(2-1-4-13-10)3-6-14-7-5-12-8-14/h1-2,4-5,7-8H,3,6H2,(H2,11,13). The molecule has 0 atom stereocenters. The molecule has 2 aromatic heterocycles. The van der Waals surface area contributed by atoms with Gasteiger partial charge in [-0.1, -0.05) is 6.07 Å². The number of nitrogen functional groups attached to an aromatic ring is 1. The summed E-state index contributed by atoms with van der Waals surface area (Å²) in [6.45, 7) is 0.885. The number of nitrogens with two attached hydrogens (primary N) is 1. The van der Waals surface area contributed by atoms with Crippen LogP contribution in [0.5, 0.6) is 0 Å². The van der Waals surface area contributed by atoms with E-state index in [1.807, 2.05) is 22.9 Å². The van der Waals surface area contributed by atoms with Gasteiger partial charge < -0.3 is 10.3 Å². The van der Waals surface area contributed by atoms with Crippen LogP contribution in [0.4, 0.5) is 5.82 Å². The predicted molar refractivity (Wildman–Crippen MR) is 54.6 cm³/mol. The van der Waals surface area contributed by atoms with Gasteiger partial charge >= 0.3 is 0 Å². The maximum absolute atomic E-state index is 5.72. The van der Waals surface area contributed by atoms with Crippen molar-refractivity contribution in [3.05, 3.63) is 42.6 Å². The molecular weight excluding hydrogens is 176 g/mol. The van der Waals surface area contributed by atoms with E-state index < -0.39 is 0 Å². The molecule has 2 rings (SSSR count). The van der Waals surface area contributed by atoms with E-state index in [1.54, 1.807) is 18.7 Å². The van der Waals surface area contributed by atoms with E-state index in [0.717, 1.165) is 18.5 Å². The summed E-state index contributed by atoms with van der Waals surface area (Å²) in [5.74, 6) is 0.618. The van der Waals surface area contributed by atoms with Gasteiger partial charge in [-0.05, 0) is 18.1 Å². The zero-order valence-electron chi connectivity index (χ0n) is 7.80. The summed E-state index contributed by atoms with van der Waals surface area (Å²) in [7, 11) is 0. The average molecular weight is 188 g/mol. The Kier molecular flexibility index (Phi) is 2.44. The number of imidazole rings is 1. The lowest BCUT2D eigenvalue weighted by molar-refractivity contribution is 0.695. The van der Waals surface area contributed by atoms with E-state index in [1.165, 1.54) is 0 Å². The first kappa shape index (κ1) is 8.74. The number of aromatic nitrogens is 3. The van der Waals surface area contributed by atoms with Crippen molar-refractivity contribution in [2.24, 2.45) is 0 Å². The van der Waals surface area contributed by atoms with Crippen LogP contribution in [0, 0.1) is 0 Å². The molecule has 14 heavy (non-hydrogen) atoms. The first-order valence-electron chi connectivity index (χ1n) is 4.51. The van der Waals surface area contributed by atoms with Crippen molar-refractivity contribution in [2.75, 3.05) is 5.73 Å². The molecule has 0 saturated heterocycles. The number of anilines is 1. The van der Waals surface area contributed by atoms with Crippen molar-refractivity contribution < 1.29 is 0 Å². The van der Waals surface area contributed by atoms with Crippen molar-refractivity contribution in [3.63, 3.8) is 0 Å². The Hall–Kier alpha value is -1.84. The predicted octanol–water partition coefficient (Wildman–Crippen LogP) is 1.10. The van der Waals surface area contributed by atoms with Gasteiger partial charge in [-0.3, -0.25) is 0 Å². The molecule has 2 heterocycles. The lowest BCUT2D eigenvalue weighted by Gasteiger charge is -2.04. The lowest BCUT2D eigenvalue weighted by atomic mass is 10.2. The fourth-order valence-corrected chi connectivity index (χ4v) is 1.33. The molecule has 0 bridgehead atoms. The highest BCUT2D eigenvalue weighted by molar-refractivity contribution is 5.38. The summed E-state index contributed by atoms with van der Waals surface area (Å²) in [5.41, 5.74) is 6.81. The van der Waals surface area contributed by atoms with Gasteiger partial charge in [0.2, 0.25) is 0 Å². The maximum Gasteiger partial charge on any atom is 0.126 e. The first-order chi connectivity index (χ1) is 6.86. The van der Waals surface area contributed by atoms with Gasteiger partial charge in [0.1, 0.15) is 5.82 Å². The summed E-state index contributed by atoms with van der Waals surface area (Å²) >= 11 is 0. The van der Waals surface area contributed by atoms with E-state index in [2.05, 4.69) is 9.97 Å². The third kappa shape index (κ3) is 1.90. The van der Waals surface area contributed by atoms with Crippen molar-refractivity contribution in [3.8, 4) is 0 Å². The second-order valence-electron chi connectivity index (χ2n) is 3.10. The molecule has 2 N–H and O–H groups in total. The number of hydrogen-bond acceptors (Lipinski definition) is 3. The normalized spacial score (nSPS) is 10.3. The molecule has 0 amide bonds. The molecule has 2 aromatic rings. The van der Waals surface area contributed by atoms with Crippen molar-refractivity contribution >= 4 is 5.82 Å². The van der Waals surface area contributed by atoms with E-state index in [9.17, 15) is 0 Å². The Balaban J connectivity index is 2.02. The smallest absolute Gasteiger partial charge is 0.126 e. The third-order valence-corrected chi connectivity index (χ3v) is 2.12. The fraction of sp³-hybridized carbons (Fsp3) is 0.200. The van der Waals surface area contributed by atoms with E-state index in [4.69, 9.17) is 5.73 Å². The topological polar surface area (TPSA) is 56.7 Å². The van der Waals surface area contributed by atoms with Crippen molar-refractivity contribution in [1.29, 1.82) is 0 Å². The Morgan fingerprint density at radius 2 is 2.29 bits per heavy atom. The van der Waals surface area contributed by atoms with Crippen molar-refractivity contribution in [1.82, 2.24) is 14.5 Å². The molecule has 0 aliphatic carbocycles. The lowest BCUT2D eigenvalue weighted by Crippen LogP contribution is -2.02. The summed E-state index contributed by atoms with van der Waals surface area (Å²) in [4.78, 5) is 8.00. The van der Waals surface area contributed by atoms with Crippen LogP contribution in [0.25, 0.3) is 0 Å². The van der Waals surface area contributed by atoms with Crippen LogP contribution in [-0.2, 0) is 13.0 Å². The van der Waals surface area contributed by atoms with Gasteiger partial charge in [-0.2, -0.15) is 0 Å². The summed E-state index contributed by atoms with van der Waals surface area (Å²) < 4.78 is 2.02. The second-order valence-corrected chi connectivity index (χ2v) is 3.10. The van der Waals surface area contributed by atoms with Gasteiger partial charge in [0, 0.05) is 25.1 Å². The SMILES string of the molecule is Nc1ncccc1CCn1ccnc1. The molecule has 4 nitrogen and oxygen atoms in total. The van der Waals surface area contributed by atoms with Crippen LogP contribution in [0.3, 0.4) is 0 Å². The van der Waals surface area contributed by atoms with Crippen LogP contribution in [0.1, 0.15) is 5.56 Å². The average Bonchev–Trinajstić information content (AvgIpc) is 2.69. The Bertz CT molecular complexity index is 394. The van der Waals surface area contributed by atoms with E-state index in [0.29, 0.717) is 5.82 Å². The maximum atomic E-state index is 5.72. The molecule has 0 unspecified atom stereocenters. The minimum atomic E-state index is 0.618. The molecule has 0 aliphatic rings. The summed E-state index contributed by atoms with van der Waals surface area (Å²) in [6.07, 6.45) is 8.10.